The maximum Gasteiger partial charge on any atom is 0.310 e. The minimum Gasteiger partial charge on any atom is -0.486 e. The van der Waals surface area contributed by atoms with E-state index in [-0.39, 0.29) is 24.6 Å². The van der Waals surface area contributed by atoms with Gasteiger partial charge in [-0.2, -0.15) is 0 Å². The SMILES string of the molecule is O=C1Cc2cc3n(c(=O)c2CO1)Cc1cc2cc4c(cc2nc1-3)OCCO4. The van der Waals surface area contributed by atoms with Crippen LogP contribution in [0.1, 0.15) is 16.7 Å². The number of pyridine rings is 2. The minimum absolute atomic E-state index is 0.0421. The van der Waals surface area contributed by atoms with Crippen molar-refractivity contribution < 1.29 is 19.0 Å². The zero-order chi connectivity index (χ0) is 18.1. The van der Waals surface area contributed by atoms with Gasteiger partial charge in [-0.3, -0.25) is 9.59 Å². The number of fused-ring (bicyclic) bond motifs is 6. The molecule has 0 amide bonds. The van der Waals surface area contributed by atoms with Crippen molar-refractivity contribution in [1.82, 2.24) is 9.55 Å². The largest absolute Gasteiger partial charge is 0.486 e. The van der Waals surface area contributed by atoms with Crippen LogP contribution >= 0.6 is 0 Å². The third kappa shape index (κ3) is 2.05. The van der Waals surface area contributed by atoms with E-state index in [1.54, 1.807) is 4.57 Å². The Morgan fingerprint density at radius 3 is 2.59 bits per heavy atom. The summed E-state index contributed by atoms with van der Waals surface area (Å²) in [4.78, 5) is 29.3. The number of hydrogen-bond donors (Lipinski definition) is 0. The zero-order valence-electron chi connectivity index (χ0n) is 14.3. The Kier molecular flexibility index (Phi) is 2.79. The molecule has 27 heavy (non-hydrogen) atoms. The van der Waals surface area contributed by atoms with E-state index < -0.39 is 0 Å². The van der Waals surface area contributed by atoms with Crippen molar-refractivity contribution >= 4 is 16.9 Å². The third-order valence-corrected chi connectivity index (χ3v) is 5.33. The first-order valence-electron chi connectivity index (χ1n) is 8.82. The van der Waals surface area contributed by atoms with Gasteiger partial charge in [-0.25, -0.2) is 4.98 Å². The van der Waals surface area contributed by atoms with Crippen LogP contribution in [0.3, 0.4) is 0 Å². The van der Waals surface area contributed by atoms with Crippen LogP contribution in [0.25, 0.3) is 22.3 Å². The highest BCUT2D eigenvalue weighted by Gasteiger charge is 2.28. The fourth-order valence-corrected chi connectivity index (χ4v) is 4.03. The number of carbonyl (C=O) groups excluding carboxylic acids is 1. The second-order valence-electron chi connectivity index (χ2n) is 6.95. The Morgan fingerprint density at radius 1 is 0.926 bits per heavy atom. The Hall–Kier alpha value is -3.35. The fraction of sp³-hybridized carbons (Fsp3) is 0.250. The molecule has 134 valence electrons. The third-order valence-electron chi connectivity index (χ3n) is 5.33. The zero-order valence-corrected chi connectivity index (χ0v) is 14.3. The molecule has 3 aromatic rings. The molecule has 0 bridgehead atoms. The molecule has 0 fully saturated rings. The molecule has 0 aliphatic carbocycles. The number of nitrogens with zero attached hydrogens (tertiary/aromatic N) is 2. The van der Waals surface area contributed by atoms with E-state index >= 15 is 0 Å². The lowest BCUT2D eigenvalue weighted by Crippen LogP contribution is -2.29. The molecule has 0 atom stereocenters. The first kappa shape index (κ1) is 14.8. The van der Waals surface area contributed by atoms with Gasteiger partial charge in [0.2, 0.25) is 0 Å². The van der Waals surface area contributed by atoms with Gasteiger partial charge in [0, 0.05) is 17.0 Å². The van der Waals surface area contributed by atoms with Crippen molar-refractivity contribution in [1.29, 1.82) is 0 Å². The van der Waals surface area contributed by atoms with Crippen LogP contribution in [0.2, 0.25) is 0 Å². The van der Waals surface area contributed by atoms with Crippen LogP contribution in [0.4, 0.5) is 0 Å². The van der Waals surface area contributed by atoms with Crippen LogP contribution in [-0.2, 0) is 29.1 Å². The summed E-state index contributed by atoms with van der Waals surface area (Å²) in [6.45, 7) is 1.55. The Balaban J connectivity index is 1.57. The predicted molar refractivity (Wildman–Crippen MR) is 95.0 cm³/mol. The Labute approximate surface area is 153 Å². The number of esters is 1. The molecule has 1 aromatic carbocycles. The Bertz CT molecular complexity index is 1230. The second kappa shape index (κ2) is 5.09. The molecule has 0 saturated heterocycles. The number of aromatic nitrogens is 2. The van der Waals surface area contributed by atoms with E-state index in [1.807, 2.05) is 24.3 Å². The number of benzene rings is 1. The molecule has 3 aliphatic rings. The lowest BCUT2D eigenvalue weighted by Gasteiger charge is -2.19. The molecular weight excluding hydrogens is 348 g/mol. The van der Waals surface area contributed by atoms with E-state index in [0.29, 0.717) is 36.8 Å². The number of cyclic esters (lactones) is 1. The maximum atomic E-state index is 12.9. The van der Waals surface area contributed by atoms with E-state index in [1.165, 1.54) is 0 Å². The van der Waals surface area contributed by atoms with Crippen LogP contribution in [0, 0.1) is 0 Å². The minimum atomic E-state index is -0.305. The topological polar surface area (TPSA) is 79.7 Å². The molecule has 0 saturated carbocycles. The molecule has 0 N–H and O–H groups in total. The summed E-state index contributed by atoms with van der Waals surface area (Å²) >= 11 is 0. The summed E-state index contributed by atoms with van der Waals surface area (Å²) in [5.74, 6) is 1.10. The first-order valence-corrected chi connectivity index (χ1v) is 8.82. The summed E-state index contributed by atoms with van der Waals surface area (Å²) in [6.07, 6.45) is 0.125. The number of hydrogen-bond acceptors (Lipinski definition) is 6. The standard InChI is InChI=1S/C20H14N2O5/c23-18-6-10-4-15-19-12(8-22(15)20(24)13(10)9-27-18)3-11-5-16-17(7-14(11)21-19)26-2-1-25-16/h3-5,7H,1-2,6,8-9H2. The number of rotatable bonds is 0. The van der Waals surface area contributed by atoms with Crippen LogP contribution in [0.15, 0.2) is 29.1 Å². The van der Waals surface area contributed by atoms with E-state index in [4.69, 9.17) is 19.2 Å². The highest BCUT2D eigenvalue weighted by molar-refractivity contribution is 5.87. The second-order valence-corrected chi connectivity index (χ2v) is 6.95. The molecule has 5 heterocycles. The van der Waals surface area contributed by atoms with E-state index in [0.717, 1.165) is 33.4 Å². The van der Waals surface area contributed by atoms with Gasteiger partial charge in [0.05, 0.1) is 35.4 Å². The van der Waals surface area contributed by atoms with Gasteiger partial charge in [0.25, 0.3) is 5.56 Å². The number of carbonyl (C=O) groups is 1. The van der Waals surface area contributed by atoms with Crippen LogP contribution in [-0.4, -0.2) is 28.7 Å². The van der Waals surface area contributed by atoms with Crippen LogP contribution < -0.4 is 15.0 Å². The van der Waals surface area contributed by atoms with Crippen molar-refractivity contribution in [2.75, 3.05) is 13.2 Å². The average Bonchev–Trinajstić information content (AvgIpc) is 3.02. The molecule has 7 heteroatoms. The van der Waals surface area contributed by atoms with Crippen molar-refractivity contribution in [3.05, 3.63) is 51.3 Å². The van der Waals surface area contributed by atoms with E-state index in [2.05, 4.69) is 0 Å². The molecule has 0 unspecified atom stereocenters. The average molecular weight is 362 g/mol. The van der Waals surface area contributed by atoms with Crippen LogP contribution in [0.5, 0.6) is 11.5 Å². The molecule has 6 rings (SSSR count). The monoisotopic (exact) mass is 362 g/mol. The summed E-state index contributed by atoms with van der Waals surface area (Å²) < 4.78 is 18.1. The van der Waals surface area contributed by atoms with Gasteiger partial charge < -0.3 is 18.8 Å². The quantitative estimate of drug-likeness (QED) is 0.444. The first-order chi connectivity index (χ1) is 13.2. The molecule has 3 aliphatic heterocycles. The summed E-state index contributed by atoms with van der Waals surface area (Å²) in [6, 6.07) is 7.75. The van der Waals surface area contributed by atoms with Gasteiger partial charge in [0.1, 0.15) is 19.8 Å². The summed E-state index contributed by atoms with van der Waals surface area (Å²) in [7, 11) is 0. The highest BCUT2D eigenvalue weighted by atomic mass is 16.6. The van der Waals surface area contributed by atoms with Crippen molar-refractivity contribution in [3.63, 3.8) is 0 Å². The molecule has 7 nitrogen and oxygen atoms in total. The van der Waals surface area contributed by atoms with Crippen molar-refractivity contribution in [2.24, 2.45) is 0 Å². The maximum absolute atomic E-state index is 12.9. The van der Waals surface area contributed by atoms with Gasteiger partial charge >= 0.3 is 5.97 Å². The molecule has 0 spiro atoms. The summed E-state index contributed by atoms with van der Waals surface area (Å²) in [5.41, 5.74) is 4.48. The van der Waals surface area contributed by atoms with Gasteiger partial charge in [0.15, 0.2) is 11.5 Å². The molecular formula is C20H14N2O5. The highest BCUT2D eigenvalue weighted by Crippen LogP contribution is 2.38. The van der Waals surface area contributed by atoms with Gasteiger partial charge in [-0.05, 0) is 23.8 Å². The van der Waals surface area contributed by atoms with Gasteiger partial charge in [-0.15, -0.1) is 0 Å². The predicted octanol–water partition coefficient (Wildman–Crippen LogP) is 1.80. The lowest BCUT2D eigenvalue weighted by molar-refractivity contribution is -0.145. The fourth-order valence-electron chi connectivity index (χ4n) is 4.03. The van der Waals surface area contributed by atoms with Crippen molar-refractivity contribution in [3.8, 4) is 22.9 Å². The molecule has 0 radical (unpaired) electrons. The van der Waals surface area contributed by atoms with E-state index in [9.17, 15) is 9.59 Å². The van der Waals surface area contributed by atoms with Crippen molar-refractivity contribution in [2.45, 2.75) is 19.6 Å². The molecule has 2 aromatic heterocycles. The lowest BCUT2D eigenvalue weighted by atomic mass is 10.0. The number of ether oxygens (including phenoxy) is 3. The van der Waals surface area contributed by atoms with Gasteiger partial charge in [-0.1, -0.05) is 0 Å². The summed E-state index contributed by atoms with van der Waals surface area (Å²) in [5, 5.41) is 0.946. The smallest absolute Gasteiger partial charge is 0.310 e. The Morgan fingerprint density at radius 2 is 1.74 bits per heavy atom. The normalized spacial score (nSPS) is 16.5.